The largest absolute Gasteiger partial charge is 0.372 e. The summed E-state index contributed by atoms with van der Waals surface area (Å²) in [6, 6.07) is 19.0. The number of nitrogens with zero attached hydrogens (tertiary/aromatic N) is 5. The van der Waals surface area contributed by atoms with Crippen molar-refractivity contribution in [1.29, 1.82) is 10.5 Å². The second kappa shape index (κ2) is 7.90. The summed E-state index contributed by atoms with van der Waals surface area (Å²) in [6.07, 6.45) is 3.75. The van der Waals surface area contributed by atoms with Gasteiger partial charge in [0.15, 0.2) is 0 Å². The zero-order valence-electron chi connectivity index (χ0n) is 13.8. The lowest BCUT2D eigenvalue weighted by Crippen LogP contribution is -2.17. The van der Waals surface area contributed by atoms with Crippen molar-refractivity contribution in [2.45, 2.75) is 12.8 Å². The van der Waals surface area contributed by atoms with Crippen LogP contribution in [0.3, 0.4) is 0 Å². The SMILES string of the molecule is N#CC=C(C#N)c1ccc(N=Nc2ccc(N3CCCC3)cc2)cc1. The summed E-state index contributed by atoms with van der Waals surface area (Å²) < 4.78 is 0. The van der Waals surface area contributed by atoms with Crippen LogP contribution in [0.5, 0.6) is 0 Å². The lowest BCUT2D eigenvalue weighted by molar-refractivity contribution is 0.949. The Kier molecular flexibility index (Phi) is 5.19. The zero-order valence-corrected chi connectivity index (χ0v) is 13.8. The first-order valence-corrected chi connectivity index (χ1v) is 8.17. The first-order valence-electron chi connectivity index (χ1n) is 8.17. The Hall–Kier alpha value is -3.44. The second-order valence-corrected chi connectivity index (χ2v) is 5.76. The second-order valence-electron chi connectivity index (χ2n) is 5.76. The predicted octanol–water partition coefficient (Wildman–Crippen LogP) is 5.13. The van der Waals surface area contributed by atoms with Crippen LogP contribution in [0, 0.1) is 22.7 Å². The molecular weight excluding hydrogens is 310 g/mol. The third-order valence-corrected chi connectivity index (χ3v) is 4.11. The van der Waals surface area contributed by atoms with Crippen LogP contribution >= 0.6 is 0 Å². The topological polar surface area (TPSA) is 75.5 Å². The average molecular weight is 327 g/mol. The van der Waals surface area contributed by atoms with Crippen molar-refractivity contribution in [2.24, 2.45) is 10.2 Å². The number of benzene rings is 2. The first kappa shape index (κ1) is 16.4. The van der Waals surface area contributed by atoms with Gasteiger partial charge in [-0.3, -0.25) is 0 Å². The molecule has 1 saturated heterocycles. The van der Waals surface area contributed by atoms with Crippen molar-refractivity contribution in [3.8, 4) is 12.1 Å². The predicted molar refractivity (Wildman–Crippen MR) is 97.7 cm³/mol. The molecule has 0 radical (unpaired) electrons. The van der Waals surface area contributed by atoms with Crippen LogP contribution < -0.4 is 4.90 Å². The van der Waals surface area contributed by atoms with Gasteiger partial charge in [0.1, 0.15) is 6.07 Å². The number of nitriles is 2. The molecule has 5 heteroatoms. The molecule has 1 heterocycles. The average Bonchev–Trinajstić information content (AvgIpc) is 3.20. The van der Waals surface area contributed by atoms with Crippen molar-refractivity contribution in [2.75, 3.05) is 18.0 Å². The standard InChI is InChI=1S/C20H17N5/c21-12-11-17(15-22)16-3-5-18(6-4-16)23-24-19-7-9-20(10-8-19)25-13-1-2-14-25/h3-11H,1-2,13-14H2. The Morgan fingerprint density at radius 3 is 1.96 bits per heavy atom. The fraction of sp³-hybridized carbons (Fsp3) is 0.200. The monoisotopic (exact) mass is 327 g/mol. The Morgan fingerprint density at radius 1 is 0.880 bits per heavy atom. The third-order valence-electron chi connectivity index (χ3n) is 4.11. The van der Waals surface area contributed by atoms with Gasteiger partial charge in [0.05, 0.1) is 23.0 Å². The van der Waals surface area contributed by atoms with E-state index >= 15 is 0 Å². The molecule has 1 aliphatic heterocycles. The Bertz CT molecular complexity index is 858. The van der Waals surface area contributed by atoms with Gasteiger partial charge in [0.2, 0.25) is 0 Å². The van der Waals surface area contributed by atoms with E-state index in [1.165, 1.54) is 24.6 Å². The van der Waals surface area contributed by atoms with E-state index in [1.807, 2.05) is 24.3 Å². The lowest BCUT2D eigenvalue weighted by Gasteiger charge is -2.17. The molecule has 0 unspecified atom stereocenters. The molecule has 0 N–H and O–H groups in total. The Labute approximate surface area is 147 Å². The zero-order chi connectivity index (χ0) is 17.5. The van der Waals surface area contributed by atoms with Crippen LogP contribution in [-0.4, -0.2) is 13.1 Å². The van der Waals surface area contributed by atoms with Gasteiger partial charge in [-0.1, -0.05) is 12.1 Å². The molecule has 1 aliphatic rings. The summed E-state index contributed by atoms with van der Waals surface area (Å²) in [5.41, 5.74) is 3.76. The van der Waals surface area contributed by atoms with Gasteiger partial charge >= 0.3 is 0 Å². The smallest absolute Gasteiger partial charge is 0.101 e. The van der Waals surface area contributed by atoms with E-state index in [-0.39, 0.29) is 0 Å². The van der Waals surface area contributed by atoms with Gasteiger partial charge in [0, 0.05) is 24.9 Å². The van der Waals surface area contributed by atoms with Crippen molar-refractivity contribution >= 4 is 22.6 Å². The minimum atomic E-state index is 0.337. The molecule has 5 nitrogen and oxygen atoms in total. The molecule has 122 valence electrons. The van der Waals surface area contributed by atoms with Gasteiger partial charge in [-0.25, -0.2) is 0 Å². The van der Waals surface area contributed by atoms with Crippen LogP contribution in [0.1, 0.15) is 18.4 Å². The Morgan fingerprint density at radius 2 is 1.44 bits per heavy atom. The van der Waals surface area contributed by atoms with Gasteiger partial charge in [-0.2, -0.15) is 20.8 Å². The van der Waals surface area contributed by atoms with E-state index in [2.05, 4.69) is 27.3 Å². The number of hydrogen-bond acceptors (Lipinski definition) is 5. The summed E-state index contributed by atoms with van der Waals surface area (Å²) in [7, 11) is 0. The number of allylic oxidation sites excluding steroid dienone is 2. The molecule has 2 aromatic carbocycles. The minimum Gasteiger partial charge on any atom is -0.372 e. The highest BCUT2D eigenvalue weighted by Crippen LogP contribution is 2.25. The summed E-state index contributed by atoms with van der Waals surface area (Å²) in [6.45, 7) is 2.25. The molecule has 0 bridgehead atoms. The van der Waals surface area contributed by atoms with Gasteiger partial charge < -0.3 is 4.90 Å². The van der Waals surface area contributed by atoms with E-state index in [9.17, 15) is 0 Å². The van der Waals surface area contributed by atoms with Crippen LogP contribution in [0.15, 0.2) is 64.8 Å². The Balaban J connectivity index is 1.68. The maximum Gasteiger partial charge on any atom is 0.101 e. The van der Waals surface area contributed by atoms with Crippen molar-refractivity contribution in [3.05, 3.63) is 60.2 Å². The molecule has 0 atom stereocenters. The van der Waals surface area contributed by atoms with Crippen molar-refractivity contribution in [3.63, 3.8) is 0 Å². The molecule has 0 aliphatic carbocycles. The molecule has 1 fully saturated rings. The molecule has 25 heavy (non-hydrogen) atoms. The number of rotatable bonds is 4. The fourth-order valence-electron chi connectivity index (χ4n) is 2.77. The molecular formula is C20H17N5. The molecule has 0 spiro atoms. The van der Waals surface area contributed by atoms with Crippen molar-refractivity contribution < 1.29 is 0 Å². The molecule has 2 aromatic rings. The molecule has 0 aromatic heterocycles. The maximum absolute atomic E-state index is 9.02. The van der Waals surface area contributed by atoms with E-state index in [1.54, 1.807) is 24.3 Å². The molecule has 0 saturated carbocycles. The lowest BCUT2D eigenvalue weighted by atomic mass is 10.1. The highest BCUT2D eigenvalue weighted by atomic mass is 15.1. The summed E-state index contributed by atoms with van der Waals surface area (Å²) >= 11 is 0. The molecule has 0 amide bonds. The van der Waals surface area contributed by atoms with Crippen LogP contribution in [0.4, 0.5) is 17.1 Å². The van der Waals surface area contributed by atoms with Crippen LogP contribution in [-0.2, 0) is 0 Å². The highest BCUT2D eigenvalue weighted by molar-refractivity contribution is 5.78. The summed E-state index contributed by atoms with van der Waals surface area (Å²) in [5.74, 6) is 0. The third kappa shape index (κ3) is 4.10. The fourth-order valence-corrected chi connectivity index (χ4v) is 2.77. The maximum atomic E-state index is 9.02. The summed E-state index contributed by atoms with van der Waals surface area (Å²) in [5, 5.41) is 26.2. The van der Waals surface area contributed by atoms with Crippen LogP contribution in [0.25, 0.3) is 5.57 Å². The van der Waals surface area contributed by atoms with E-state index < -0.39 is 0 Å². The number of azo groups is 1. The van der Waals surface area contributed by atoms with E-state index in [0.717, 1.165) is 18.8 Å². The van der Waals surface area contributed by atoms with Gasteiger partial charge in [0.25, 0.3) is 0 Å². The van der Waals surface area contributed by atoms with Gasteiger partial charge in [-0.05, 0) is 54.8 Å². The van der Waals surface area contributed by atoms with E-state index in [0.29, 0.717) is 16.8 Å². The van der Waals surface area contributed by atoms with Gasteiger partial charge in [-0.15, -0.1) is 0 Å². The first-order chi connectivity index (χ1) is 12.3. The minimum absolute atomic E-state index is 0.337. The normalized spacial score (nSPS) is 14.5. The number of hydrogen-bond donors (Lipinski definition) is 0. The van der Waals surface area contributed by atoms with E-state index in [4.69, 9.17) is 10.5 Å². The summed E-state index contributed by atoms with van der Waals surface area (Å²) in [4.78, 5) is 2.38. The van der Waals surface area contributed by atoms with Crippen molar-refractivity contribution in [1.82, 2.24) is 0 Å². The quantitative estimate of drug-likeness (QED) is 0.577. The molecule has 3 rings (SSSR count). The van der Waals surface area contributed by atoms with Crippen LogP contribution in [0.2, 0.25) is 0 Å². The highest BCUT2D eigenvalue weighted by Gasteiger charge is 2.11. The number of anilines is 1.